The number of fused-ring (bicyclic) bond motifs is 1. The highest BCUT2D eigenvalue weighted by Crippen LogP contribution is 2.30. The minimum absolute atomic E-state index is 0.0139. The van der Waals surface area contributed by atoms with Gasteiger partial charge < -0.3 is 9.80 Å². The van der Waals surface area contributed by atoms with Crippen molar-refractivity contribution >= 4 is 17.7 Å². The zero-order chi connectivity index (χ0) is 25.7. The Kier molecular flexibility index (Phi) is 7.90. The highest BCUT2D eigenvalue weighted by Gasteiger charge is 2.26. The first kappa shape index (κ1) is 25.5. The minimum atomic E-state index is 0.0139. The molecule has 0 unspecified atom stereocenters. The second-order valence-corrected chi connectivity index (χ2v) is 11.1. The summed E-state index contributed by atoms with van der Waals surface area (Å²) in [5, 5.41) is 3.16. The summed E-state index contributed by atoms with van der Waals surface area (Å²) in [7, 11) is 0. The molecule has 2 aliphatic rings. The molecular weight excluding hydrogens is 452 g/mol. The summed E-state index contributed by atoms with van der Waals surface area (Å²) in [6, 6.07) is 23.8. The van der Waals surface area contributed by atoms with Gasteiger partial charge in [-0.3, -0.25) is 4.79 Å². The lowest BCUT2D eigenvalue weighted by Crippen LogP contribution is -2.49. The predicted molar refractivity (Wildman–Crippen MR) is 155 cm³/mol. The summed E-state index contributed by atoms with van der Waals surface area (Å²) in [5.74, 6) is 0.0139. The van der Waals surface area contributed by atoms with Crippen LogP contribution in [0.4, 0.5) is 5.69 Å². The predicted octanol–water partition coefficient (Wildman–Crippen LogP) is 7.93. The number of carbonyl (C=O) groups is 1. The van der Waals surface area contributed by atoms with Crippen molar-refractivity contribution in [1.29, 1.82) is 0 Å². The maximum atomic E-state index is 13.2. The van der Waals surface area contributed by atoms with E-state index in [9.17, 15) is 4.79 Å². The lowest BCUT2D eigenvalue weighted by Gasteiger charge is -2.39. The number of nitrogens with zero attached hydrogens (tertiary/aromatic N) is 1. The first-order valence-electron chi connectivity index (χ1n) is 14.2. The SMILES string of the molecule is CC[N+]1(Cc2ccc(NC(=O)C3=Cc4cc(-c5ccc(C)cc5)ccc4CC3)cc2)CCCCCCC1. The van der Waals surface area contributed by atoms with Gasteiger partial charge in [-0.1, -0.05) is 60.5 Å². The van der Waals surface area contributed by atoms with Gasteiger partial charge >= 0.3 is 0 Å². The average molecular weight is 494 g/mol. The lowest BCUT2D eigenvalue weighted by atomic mass is 9.89. The Morgan fingerprint density at radius 2 is 1.49 bits per heavy atom. The highest BCUT2D eigenvalue weighted by molar-refractivity contribution is 6.07. The standard InChI is InChI=1S/C34H40N2O/c1-3-36(21-7-5-4-6-8-22-36)25-27-11-19-33(20-12-27)35-34(37)31-18-16-29-15-17-30(23-32(29)24-31)28-13-9-26(2)10-14-28/h9-15,17,19-20,23-24H,3-8,16,18,21-22,25H2,1-2H3/p+1. The van der Waals surface area contributed by atoms with Crippen LogP contribution in [0.3, 0.4) is 0 Å². The van der Waals surface area contributed by atoms with Crippen LogP contribution in [0, 0.1) is 6.92 Å². The van der Waals surface area contributed by atoms with Crippen molar-refractivity contribution < 1.29 is 9.28 Å². The fourth-order valence-corrected chi connectivity index (χ4v) is 6.01. The summed E-state index contributed by atoms with van der Waals surface area (Å²) >= 11 is 0. The number of likely N-dealkylation sites (tertiary alicyclic amines) is 1. The van der Waals surface area contributed by atoms with Crippen molar-refractivity contribution in [2.24, 2.45) is 0 Å². The molecule has 1 amide bonds. The Morgan fingerprint density at radius 1 is 0.811 bits per heavy atom. The molecule has 0 bridgehead atoms. The molecule has 37 heavy (non-hydrogen) atoms. The van der Waals surface area contributed by atoms with Gasteiger partial charge in [0.05, 0.1) is 19.6 Å². The van der Waals surface area contributed by atoms with Crippen molar-refractivity contribution in [3.05, 3.63) is 94.6 Å². The molecule has 3 aromatic rings. The van der Waals surface area contributed by atoms with E-state index in [0.717, 1.165) is 36.2 Å². The molecule has 0 radical (unpaired) electrons. The van der Waals surface area contributed by atoms with Crippen LogP contribution in [0.25, 0.3) is 17.2 Å². The molecule has 3 aromatic carbocycles. The van der Waals surface area contributed by atoms with E-state index in [4.69, 9.17) is 0 Å². The van der Waals surface area contributed by atoms with Crippen LogP contribution in [0.1, 0.15) is 67.7 Å². The van der Waals surface area contributed by atoms with Gasteiger partial charge in [-0.25, -0.2) is 0 Å². The van der Waals surface area contributed by atoms with Crippen molar-refractivity contribution in [3.8, 4) is 11.1 Å². The fraction of sp³-hybridized carbons (Fsp3) is 0.382. The van der Waals surface area contributed by atoms with Gasteiger partial charge in [0, 0.05) is 16.8 Å². The van der Waals surface area contributed by atoms with E-state index in [0.29, 0.717) is 0 Å². The van der Waals surface area contributed by atoms with Gasteiger partial charge in [0.15, 0.2) is 0 Å². The van der Waals surface area contributed by atoms with Gasteiger partial charge in [0.2, 0.25) is 0 Å². The second-order valence-electron chi connectivity index (χ2n) is 11.1. The smallest absolute Gasteiger partial charge is 0.251 e. The number of benzene rings is 3. The highest BCUT2D eigenvalue weighted by atomic mass is 16.1. The molecule has 5 rings (SSSR count). The van der Waals surface area contributed by atoms with Crippen LogP contribution in [-0.2, 0) is 17.8 Å². The summed E-state index contributed by atoms with van der Waals surface area (Å²) in [6.07, 6.45) is 10.6. The van der Waals surface area contributed by atoms with Gasteiger partial charge in [-0.15, -0.1) is 0 Å². The van der Waals surface area contributed by atoms with Crippen LogP contribution in [0.15, 0.2) is 72.3 Å². The van der Waals surface area contributed by atoms with Crippen molar-refractivity contribution in [3.63, 3.8) is 0 Å². The number of quaternary nitrogens is 1. The number of aryl methyl sites for hydroxylation is 2. The first-order chi connectivity index (χ1) is 18.0. The van der Waals surface area contributed by atoms with Crippen molar-refractivity contribution in [2.75, 3.05) is 25.0 Å². The number of hydrogen-bond donors (Lipinski definition) is 1. The molecule has 0 spiro atoms. The Balaban J connectivity index is 1.26. The quantitative estimate of drug-likeness (QED) is 0.347. The number of hydrogen-bond acceptors (Lipinski definition) is 1. The van der Waals surface area contributed by atoms with Crippen LogP contribution in [0.2, 0.25) is 0 Å². The van der Waals surface area contributed by atoms with E-state index in [1.807, 2.05) is 0 Å². The number of amides is 1. The number of carbonyl (C=O) groups excluding carboxylic acids is 1. The van der Waals surface area contributed by atoms with Gasteiger partial charge in [0.1, 0.15) is 6.54 Å². The van der Waals surface area contributed by atoms with E-state index >= 15 is 0 Å². The maximum absolute atomic E-state index is 13.2. The third-order valence-corrected chi connectivity index (χ3v) is 8.48. The van der Waals surface area contributed by atoms with Crippen LogP contribution >= 0.6 is 0 Å². The van der Waals surface area contributed by atoms with Gasteiger partial charge in [-0.2, -0.15) is 0 Å². The third-order valence-electron chi connectivity index (χ3n) is 8.48. The third kappa shape index (κ3) is 6.22. The molecule has 0 atom stereocenters. The maximum Gasteiger partial charge on any atom is 0.251 e. The molecule has 0 aromatic heterocycles. The largest absolute Gasteiger partial charge is 0.322 e. The summed E-state index contributed by atoms with van der Waals surface area (Å²) in [5.41, 5.74) is 9.24. The van der Waals surface area contributed by atoms with E-state index < -0.39 is 0 Å². The van der Waals surface area contributed by atoms with Crippen molar-refractivity contribution in [2.45, 2.75) is 65.3 Å². The normalized spacial score (nSPS) is 17.2. The number of anilines is 1. The fourth-order valence-electron chi connectivity index (χ4n) is 6.01. The molecule has 192 valence electrons. The summed E-state index contributed by atoms with van der Waals surface area (Å²) in [4.78, 5) is 13.2. The van der Waals surface area contributed by atoms with E-state index in [1.165, 1.54) is 84.0 Å². The molecule has 1 aliphatic heterocycles. The Labute approximate surface area is 222 Å². The van der Waals surface area contributed by atoms with Gasteiger partial charge in [-0.05, 0) is 98.9 Å². The molecule has 1 heterocycles. The second kappa shape index (κ2) is 11.5. The summed E-state index contributed by atoms with van der Waals surface area (Å²) < 4.78 is 1.20. The average Bonchev–Trinajstić information content (AvgIpc) is 2.91. The topological polar surface area (TPSA) is 29.1 Å². The minimum Gasteiger partial charge on any atom is -0.322 e. The van der Waals surface area contributed by atoms with Crippen LogP contribution in [-0.4, -0.2) is 30.0 Å². The van der Waals surface area contributed by atoms with Crippen molar-refractivity contribution in [1.82, 2.24) is 0 Å². The van der Waals surface area contributed by atoms with E-state index in [1.54, 1.807) is 0 Å². The Bertz CT molecular complexity index is 1250. The van der Waals surface area contributed by atoms with Gasteiger partial charge in [0.25, 0.3) is 5.91 Å². The number of nitrogens with one attached hydrogen (secondary N) is 1. The molecular formula is C34H41N2O+. The zero-order valence-corrected chi connectivity index (χ0v) is 22.6. The zero-order valence-electron chi connectivity index (χ0n) is 22.6. The Morgan fingerprint density at radius 3 is 2.19 bits per heavy atom. The van der Waals surface area contributed by atoms with Crippen LogP contribution < -0.4 is 5.32 Å². The molecule has 1 fully saturated rings. The monoisotopic (exact) mass is 493 g/mol. The van der Waals surface area contributed by atoms with E-state index in [2.05, 4.69) is 92.0 Å². The van der Waals surface area contributed by atoms with E-state index in [-0.39, 0.29) is 5.91 Å². The molecule has 1 N–H and O–H groups in total. The molecule has 0 saturated carbocycles. The number of rotatable bonds is 6. The van der Waals surface area contributed by atoms with Crippen LogP contribution in [0.5, 0.6) is 0 Å². The lowest BCUT2D eigenvalue weighted by molar-refractivity contribution is -0.940. The molecule has 3 nitrogen and oxygen atoms in total. The Hall–Kier alpha value is -3.17. The molecule has 1 aliphatic carbocycles. The summed E-state index contributed by atoms with van der Waals surface area (Å²) in [6.45, 7) is 9.32. The molecule has 1 saturated heterocycles. The molecule has 3 heteroatoms. The first-order valence-corrected chi connectivity index (χ1v) is 14.2.